The van der Waals surface area contributed by atoms with E-state index in [1.54, 1.807) is 37.3 Å². The lowest BCUT2D eigenvalue weighted by Gasteiger charge is -2.23. The Morgan fingerprint density at radius 3 is 2.67 bits per heavy atom. The summed E-state index contributed by atoms with van der Waals surface area (Å²) in [5, 5.41) is 0.358. The Kier molecular flexibility index (Phi) is 4.21. The summed E-state index contributed by atoms with van der Waals surface area (Å²) in [4.78, 5) is 14.8. The van der Waals surface area contributed by atoms with Crippen LogP contribution in [0.5, 0.6) is 5.75 Å². The molecule has 2 heterocycles. The van der Waals surface area contributed by atoms with E-state index in [0.717, 1.165) is 11.3 Å². The van der Waals surface area contributed by atoms with Crippen molar-refractivity contribution in [3.8, 4) is 5.75 Å². The molecule has 1 saturated heterocycles. The summed E-state index contributed by atoms with van der Waals surface area (Å²) in [5.74, 6) is 0.557. The first kappa shape index (κ1) is 18.3. The van der Waals surface area contributed by atoms with Crippen LogP contribution < -0.4 is 9.64 Å². The Morgan fingerprint density at radius 2 is 1.96 bits per heavy atom. The highest BCUT2D eigenvalue weighted by molar-refractivity contribution is 7.89. The fourth-order valence-electron chi connectivity index (χ4n) is 4.01. The second-order valence-electron chi connectivity index (χ2n) is 6.88. The molecule has 27 heavy (non-hydrogen) atoms. The molecule has 0 bridgehead atoms. The molecular formula is C19H19ClN2O4S. The molecule has 1 spiro atoms. The highest BCUT2D eigenvalue weighted by Gasteiger charge is 2.55. The fraction of sp³-hybridized carbons (Fsp3) is 0.316. The van der Waals surface area contributed by atoms with E-state index < -0.39 is 15.4 Å². The fourth-order valence-corrected chi connectivity index (χ4v) is 5.82. The van der Waals surface area contributed by atoms with Gasteiger partial charge in [0.15, 0.2) is 0 Å². The van der Waals surface area contributed by atoms with Gasteiger partial charge in [-0.15, -0.1) is 0 Å². The maximum atomic E-state index is 13.1. The summed E-state index contributed by atoms with van der Waals surface area (Å²) < 4.78 is 32.8. The number of halogens is 1. The minimum absolute atomic E-state index is 0.0884. The summed E-state index contributed by atoms with van der Waals surface area (Å²) in [6.07, 6.45) is 0.427. The van der Waals surface area contributed by atoms with Gasteiger partial charge in [0.05, 0.1) is 17.4 Å². The number of sulfonamides is 1. The molecule has 0 saturated carbocycles. The van der Waals surface area contributed by atoms with Crippen molar-refractivity contribution >= 4 is 33.2 Å². The first-order chi connectivity index (χ1) is 12.8. The molecule has 1 atom stereocenters. The maximum absolute atomic E-state index is 13.1. The van der Waals surface area contributed by atoms with Crippen LogP contribution in [0.15, 0.2) is 47.4 Å². The summed E-state index contributed by atoms with van der Waals surface area (Å²) in [5.41, 5.74) is 0.727. The van der Waals surface area contributed by atoms with E-state index >= 15 is 0 Å². The number of benzene rings is 2. The number of anilines is 1. The van der Waals surface area contributed by atoms with Crippen molar-refractivity contribution in [3.63, 3.8) is 0 Å². The molecule has 8 heteroatoms. The van der Waals surface area contributed by atoms with Crippen LogP contribution in [0.2, 0.25) is 5.02 Å². The minimum atomic E-state index is -3.74. The SMILES string of the molecule is COc1ccc2c(c1)C1(CCN(S(=O)(=O)c3cccc(Cl)c3)C1)C(=O)N2C. The second kappa shape index (κ2) is 6.22. The molecule has 0 aromatic heterocycles. The van der Waals surface area contributed by atoms with Gasteiger partial charge in [0, 0.05) is 30.8 Å². The third kappa shape index (κ3) is 2.64. The van der Waals surface area contributed by atoms with E-state index in [0.29, 0.717) is 17.2 Å². The number of nitrogens with zero attached hydrogens (tertiary/aromatic N) is 2. The number of methoxy groups -OCH3 is 1. The minimum Gasteiger partial charge on any atom is -0.497 e. The Labute approximate surface area is 163 Å². The number of hydrogen-bond acceptors (Lipinski definition) is 4. The molecule has 142 valence electrons. The molecule has 2 aliphatic heterocycles. The highest BCUT2D eigenvalue weighted by atomic mass is 35.5. The number of likely N-dealkylation sites (N-methyl/N-ethyl adjacent to an activating group) is 1. The third-order valence-electron chi connectivity index (χ3n) is 5.46. The van der Waals surface area contributed by atoms with E-state index in [-0.39, 0.29) is 23.9 Å². The highest BCUT2D eigenvalue weighted by Crippen LogP contribution is 2.48. The summed E-state index contributed by atoms with van der Waals surface area (Å²) in [6.45, 7) is 0.371. The van der Waals surface area contributed by atoms with E-state index in [1.807, 2.05) is 12.1 Å². The zero-order valence-corrected chi connectivity index (χ0v) is 16.5. The van der Waals surface area contributed by atoms with Gasteiger partial charge in [0.1, 0.15) is 5.75 Å². The molecule has 4 rings (SSSR count). The number of rotatable bonds is 3. The Hall–Kier alpha value is -2.09. The van der Waals surface area contributed by atoms with Gasteiger partial charge in [-0.25, -0.2) is 8.42 Å². The van der Waals surface area contributed by atoms with Gasteiger partial charge in [0.2, 0.25) is 15.9 Å². The number of carbonyl (C=O) groups excluding carboxylic acids is 1. The molecular weight excluding hydrogens is 388 g/mol. The third-order valence-corrected chi connectivity index (χ3v) is 7.54. The molecule has 0 aliphatic carbocycles. The van der Waals surface area contributed by atoms with Crippen LogP contribution in [0, 0.1) is 0 Å². The van der Waals surface area contributed by atoms with Crippen LogP contribution in [0.1, 0.15) is 12.0 Å². The molecule has 1 amide bonds. The quantitative estimate of drug-likeness (QED) is 0.786. The predicted molar refractivity (Wildman–Crippen MR) is 103 cm³/mol. The summed E-state index contributed by atoms with van der Waals surface area (Å²) in [6, 6.07) is 11.7. The van der Waals surface area contributed by atoms with E-state index in [4.69, 9.17) is 16.3 Å². The monoisotopic (exact) mass is 406 g/mol. The number of fused-ring (bicyclic) bond motifs is 2. The van der Waals surface area contributed by atoms with Gasteiger partial charge in [-0.1, -0.05) is 17.7 Å². The molecule has 0 N–H and O–H groups in total. The average Bonchev–Trinajstić information content (AvgIpc) is 3.20. The standard InChI is InChI=1S/C19H19ClN2O4S/c1-21-17-7-6-14(26-2)11-16(17)19(18(21)23)8-9-22(12-19)27(24,25)15-5-3-4-13(20)10-15/h3-7,10-11H,8-9,12H2,1-2H3. The molecule has 1 unspecified atom stereocenters. The lowest BCUT2D eigenvalue weighted by Crippen LogP contribution is -2.42. The largest absolute Gasteiger partial charge is 0.497 e. The number of carbonyl (C=O) groups is 1. The molecule has 2 aromatic rings. The van der Waals surface area contributed by atoms with Crippen LogP contribution in [0.3, 0.4) is 0 Å². The topological polar surface area (TPSA) is 66.9 Å². The first-order valence-electron chi connectivity index (χ1n) is 8.52. The van der Waals surface area contributed by atoms with Crippen LogP contribution in [-0.2, 0) is 20.2 Å². The van der Waals surface area contributed by atoms with Crippen molar-refractivity contribution in [3.05, 3.63) is 53.1 Å². The zero-order chi connectivity index (χ0) is 19.4. The number of ether oxygens (including phenoxy) is 1. The molecule has 2 aromatic carbocycles. The zero-order valence-electron chi connectivity index (χ0n) is 15.0. The van der Waals surface area contributed by atoms with Crippen molar-refractivity contribution in [2.45, 2.75) is 16.7 Å². The van der Waals surface area contributed by atoms with Gasteiger partial charge < -0.3 is 9.64 Å². The molecule has 2 aliphatic rings. The van der Waals surface area contributed by atoms with E-state index in [9.17, 15) is 13.2 Å². The first-order valence-corrected chi connectivity index (χ1v) is 10.3. The van der Waals surface area contributed by atoms with Crippen LogP contribution >= 0.6 is 11.6 Å². The van der Waals surface area contributed by atoms with Crippen LogP contribution in [-0.4, -0.2) is 45.9 Å². The number of amides is 1. The van der Waals surface area contributed by atoms with Gasteiger partial charge >= 0.3 is 0 Å². The van der Waals surface area contributed by atoms with Crippen molar-refractivity contribution in [1.82, 2.24) is 4.31 Å². The van der Waals surface area contributed by atoms with Crippen molar-refractivity contribution < 1.29 is 17.9 Å². The van der Waals surface area contributed by atoms with E-state index in [1.165, 1.54) is 16.4 Å². The lowest BCUT2D eigenvalue weighted by molar-refractivity contribution is -0.122. The lowest BCUT2D eigenvalue weighted by atomic mass is 9.81. The number of hydrogen-bond donors (Lipinski definition) is 0. The van der Waals surface area contributed by atoms with Crippen molar-refractivity contribution in [1.29, 1.82) is 0 Å². The Bertz CT molecular complexity index is 1040. The maximum Gasteiger partial charge on any atom is 0.243 e. The van der Waals surface area contributed by atoms with Crippen molar-refractivity contribution in [2.75, 3.05) is 32.1 Å². The Balaban J connectivity index is 1.75. The second-order valence-corrected chi connectivity index (χ2v) is 9.25. The van der Waals surface area contributed by atoms with Gasteiger partial charge in [-0.2, -0.15) is 4.31 Å². The normalized spacial score (nSPS) is 22.5. The molecule has 0 radical (unpaired) electrons. The average molecular weight is 407 g/mol. The van der Waals surface area contributed by atoms with Crippen LogP contribution in [0.4, 0.5) is 5.69 Å². The van der Waals surface area contributed by atoms with Gasteiger partial charge in [0.25, 0.3) is 0 Å². The molecule has 6 nitrogen and oxygen atoms in total. The van der Waals surface area contributed by atoms with Gasteiger partial charge in [-0.05, 0) is 48.4 Å². The molecule has 1 fully saturated rings. The Morgan fingerprint density at radius 1 is 1.19 bits per heavy atom. The predicted octanol–water partition coefficient (Wildman–Crippen LogP) is 2.66. The smallest absolute Gasteiger partial charge is 0.243 e. The summed E-state index contributed by atoms with van der Waals surface area (Å²) in [7, 11) is -0.449. The van der Waals surface area contributed by atoms with Crippen LogP contribution in [0.25, 0.3) is 0 Å². The summed E-state index contributed by atoms with van der Waals surface area (Å²) >= 11 is 5.96. The van der Waals surface area contributed by atoms with Crippen molar-refractivity contribution in [2.24, 2.45) is 0 Å². The van der Waals surface area contributed by atoms with Gasteiger partial charge in [-0.3, -0.25) is 4.79 Å². The van der Waals surface area contributed by atoms with E-state index in [2.05, 4.69) is 0 Å².